The quantitative estimate of drug-likeness (QED) is 0.845. The highest BCUT2D eigenvalue weighted by Gasteiger charge is 2.21. The van der Waals surface area contributed by atoms with Crippen molar-refractivity contribution in [3.8, 4) is 0 Å². The molecular weight excluding hydrogens is 368 g/mol. The molecule has 1 atom stereocenters. The van der Waals surface area contributed by atoms with Crippen LogP contribution in [0.4, 0.5) is 0 Å². The number of nitrogens with one attached hydrogen (secondary N) is 2. The van der Waals surface area contributed by atoms with Gasteiger partial charge in [-0.2, -0.15) is 0 Å². The Hall–Kier alpha value is -2.14. The summed E-state index contributed by atoms with van der Waals surface area (Å²) in [6, 6.07) is 15.3. The Balaban J connectivity index is 1.55. The maximum atomic E-state index is 12.2. The summed E-state index contributed by atoms with van der Waals surface area (Å²) in [5.74, 6) is -0.413. The number of fused-ring (bicyclic) bond motifs is 1. The van der Waals surface area contributed by atoms with Crippen LogP contribution in [0.5, 0.6) is 0 Å². The van der Waals surface area contributed by atoms with Crippen molar-refractivity contribution < 1.29 is 9.59 Å². The number of hydrogen-bond acceptors (Lipinski definition) is 2. The molecule has 124 valence electrons. The lowest BCUT2D eigenvalue weighted by Crippen LogP contribution is -2.39. The molecule has 0 spiro atoms. The Bertz CT molecular complexity index is 743. The standard InChI is InChI=1S/C19H19BrN2O2/c20-15-10-8-14(9-11-15)19(24)21-12-18(23)22-17-7-3-5-13-4-1-2-6-16(13)17/h1-2,4,6,8-11,17H,3,5,7,12H2,(H,21,24)(H,22,23)/t17-/m1/s1. The molecule has 0 fully saturated rings. The number of rotatable bonds is 4. The van der Waals surface area contributed by atoms with Crippen molar-refractivity contribution in [3.05, 3.63) is 69.7 Å². The van der Waals surface area contributed by atoms with Crippen LogP contribution in [0.3, 0.4) is 0 Å². The minimum atomic E-state index is -0.248. The van der Waals surface area contributed by atoms with Crippen LogP contribution < -0.4 is 10.6 Å². The minimum absolute atomic E-state index is 0.0203. The van der Waals surface area contributed by atoms with Gasteiger partial charge in [0.05, 0.1) is 12.6 Å². The van der Waals surface area contributed by atoms with E-state index in [2.05, 4.69) is 38.7 Å². The highest BCUT2D eigenvalue weighted by atomic mass is 79.9. The number of carbonyl (C=O) groups excluding carboxylic acids is 2. The van der Waals surface area contributed by atoms with Crippen LogP contribution in [0.15, 0.2) is 53.0 Å². The molecule has 1 aliphatic carbocycles. The largest absolute Gasteiger partial charge is 0.348 e. The fourth-order valence-electron chi connectivity index (χ4n) is 3.01. The van der Waals surface area contributed by atoms with Crippen LogP contribution in [0.1, 0.15) is 40.4 Å². The van der Waals surface area contributed by atoms with E-state index < -0.39 is 0 Å². The summed E-state index contributed by atoms with van der Waals surface area (Å²) < 4.78 is 0.910. The second-order valence-electron chi connectivity index (χ2n) is 5.90. The van der Waals surface area contributed by atoms with Crippen molar-refractivity contribution in [2.24, 2.45) is 0 Å². The Kier molecular flexibility index (Phi) is 5.30. The molecule has 4 nitrogen and oxygen atoms in total. The fraction of sp³-hybridized carbons (Fsp3) is 0.263. The first-order valence-electron chi connectivity index (χ1n) is 8.04. The van der Waals surface area contributed by atoms with Gasteiger partial charge in [-0.3, -0.25) is 9.59 Å². The number of aryl methyl sites for hydroxylation is 1. The summed E-state index contributed by atoms with van der Waals surface area (Å²) in [7, 11) is 0. The van der Waals surface area contributed by atoms with E-state index >= 15 is 0 Å². The Morgan fingerprint density at radius 1 is 1.08 bits per heavy atom. The first-order valence-corrected chi connectivity index (χ1v) is 8.84. The molecule has 2 aromatic carbocycles. The molecule has 2 N–H and O–H groups in total. The van der Waals surface area contributed by atoms with Crippen LogP contribution in [0, 0.1) is 0 Å². The van der Waals surface area contributed by atoms with Gasteiger partial charge in [0.15, 0.2) is 0 Å². The van der Waals surface area contributed by atoms with E-state index in [1.54, 1.807) is 24.3 Å². The van der Waals surface area contributed by atoms with Crippen molar-refractivity contribution in [2.45, 2.75) is 25.3 Å². The average Bonchev–Trinajstić information content (AvgIpc) is 2.61. The lowest BCUT2D eigenvalue weighted by Gasteiger charge is -2.26. The van der Waals surface area contributed by atoms with Crippen LogP contribution in [0.25, 0.3) is 0 Å². The Labute approximate surface area is 149 Å². The topological polar surface area (TPSA) is 58.2 Å². The van der Waals surface area contributed by atoms with Crippen molar-refractivity contribution >= 4 is 27.7 Å². The van der Waals surface area contributed by atoms with Crippen molar-refractivity contribution in [1.29, 1.82) is 0 Å². The maximum absolute atomic E-state index is 12.2. The lowest BCUT2D eigenvalue weighted by molar-refractivity contribution is -0.121. The van der Waals surface area contributed by atoms with Crippen LogP contribution >= 0.6 is 15.9 Å². The monoisotopic (exact) mass is 386 g/mol. The van der Waals surface area contributed by atoms with E-state index in [0.29, 0.717) is 5.56 Å². The van der Waals surface area contributed by atoms with Gasteiger partial charge in [-0.25, -0.2) is 0 Å². The van der Waals surface area contributed by atoms with E-state index in [-0.39, 0.29) is 24.4 Å². The number of hydrogen-bond donors (Lipinski definition) is 2. The molecule has 2 aromatic rings. The number of amides is 2. The zero-order chi connectivity index (χ0) is 16.9. The molecule has 3 rings (SSSR count). The summed E-state index contributed by atoms with van der Waals surface area (Å²) in [6.45, 7) is -0.0203. The molecule has 0 unspecified atom stereocenters. The van der Waals surface area contributed by atoms with E-state index in [1.807, 2.05) is 12.1 Å². The molecule has 2 amide bonds. The van der Waals surface area contributed by atoms with Crippen LogP contribution in [-0.2, 0) is 11.2 Å². The smallest absolute Gasteiger partial charge is 0.251 e. The van der Waals surface area contributed by atoms with Gasteiger partial charge in [-0.1, -0.05) is 40.2 Å². The number of benzene rings is 2. The molecule has 0 heterocycles. The van der Waals surface area contributed by atoms with E-state index in [9.17, 15) is 9.59 Å². The molecule has 1 aliphatic rings. The van der Waals surface area contributed by atoms with Gasteiger partial charge in [-0.05, 0) is 54.7 Å². The summed E-state index contributed by atoms with van der Waals surface area (Å²) in [5.41, 5.74) is 3.03. The van der Waals surface area contributed by atoms with E-state index in [1.165, 1.54) is 11.1 Å². The second kappa shape index (κ2) is 7.62. The van der Waals surface area contributed by atoms with Crippen molar-refractivity contribution in [1.82, 2.24) is 10.6 Å². The predicted octanol–water partition coefficient (Wildman–Crippen LogP) is 3.37. The highest BCUT2D eigenvalue weighted by molar-refractivity contribution is 9.10. The second-order valence-corrected chi connectivity index (χ2v) is 6.82. The molecule has 24 heavy (non-hydrogen) atoms. The highest BCUT2D eigenvalue weighted by Crippen LogP contribution is 2.29. The van der Waals surface area contributed by atoms with Crippen molar-refractivity contribution in [2.75, 3.05) is 6.54 Å². The third kappa shape index (κ3) is 4.03. The first-order chi connectivity index (χ1) is 11.6. The Morgan fingerprint density at radius 2 is 1.83 bits per heavy atom. The SMILES string of the molecule is O=C(CNC(=O)c1ccc(Br)cc1)N[C@@H]1CCCc2ccccc21. The third-order valence-corrected chi connectivity index (χ3v) is 4.75. The predicted molar refractivity (Wildman–Crippen MR) is 96.7 cm³/mol. The molecule has 0 radical (unpaired) electrons. The van der Waals surface area contributed by atoms with Crippen LogP contribution in [0.2, 0.25) is 0 Å². The van der Waals surface area contributed by atoms with Gasteiger partial charge >= 0.3 is 0 Å². The van der Waals surface area contributed by atoms with E-state index in [4.69, 9.17) is 0 Å². The van der Waals surface area contributed by atoms with Gasteiger partial charge in [0.1, 0.15) is 0 Å². The molecule has 0 bridgehead atoms. The summed E-state index contributed by atoms with van der Waals surface area (Å²) in [4.78, 5) is 24.2. The zero-order valence-electron chi connectivity index (χ0n) is 13.2. The number of halogens is 1. The molecule has 0 saturated heterocycles. The summed E-state index contributed by atoms with van der Waals surface area (Å²) >= 11 is 3.33. The Morgan fingerprint density at radius 3 is 2.62 bits per heavy atom. The van der Waals surface area contributed by atoms with Gasteiger partial charge < -0.3 is 10.6 Å². The normalized spacial score (nSPS) is 16.1. The zero-order valence-corrected chi connectivity index (χ0v) is 14.8. The van der Waals surface area contributed by atoms with Gasteiger partial charge in [-0.15, -0.1) is 0 Å². The first kappa shape index (κ1) is 16.7. The molecule has 5 heteroatoms. The minimum Gasteiger partial charge on any atom is -0.348 e. The molecule has 0 aromatic heterocycles. The van der Waals surface area contributed by atoms with Gasteiger partial charge in [0.2, 0.25) is 5.91 Å². The number of carbonyl (C=O) groups is 2. The van der Waals surface area contributed by atoms with E-state index in [0.717, 1.165) is 23.7 Å². The molecule has 0 aliphatic heterocycles. The summed E-state index contributed by atoms with van der Waals surface area (Å²) in [6.07, 6.45) is 3.06. The lowest BCUT2D eigenvalue weighted by atomic mass is 9.88. The van der Waals surface area contributed by atoms with Gasteiger partial charge in [0, 0.05) is 10.0 Å². The van der Waals surface area contributed by atoms with Crippen molar-refractivity contribution in [3.63, 3.8) is 0 Å². The average molecular weight is 387 g/mol. The fourth-order valence-corrected chi connectivity index (χ4v) is 3.28. The van der Waals surface area contributed by atoms with Crippen LogP contribution in [-0.4, -0.2) is 18.4 Å². The van der Waals surface area contributed by atoms with Gasteiger partial charge in [0.25, 0.3) is 5.91 Å². The molecule has 0 saturated carbocycles. The third-order valence-electron chi connectivity index (χ3n) is 4.22. The maximum Gasteiger partial charge on any atom is 0.251 e. The summed E-state index contributed by atoms with van der Waals surface area (Å²) in [5, 5.41) is 5.70. The molecular formula is C19H19BrN2O2.